The zero-order valence-corrected chi connectivity index (χ0v) is 14.2. The number of ether oxygens (including phenoxy) is 1. The molecule has 1 heterocycles. The maximum atomic E-state index is 4.98. The molecule has 0 saturated heterocycles. The van der Waals surface area contributed by atoms with Crippen molar-refractivity contribution in [3.05, 3.63) is 34.3 Å². The van der Waals surface area contributed by atoms with Crippen LogP contribution < -0.4 is 5.32 Å². The van der Waals surface area contributed by atoms with Gasteiger partial charge in [0.2, 0.25) is 5.16 Å². The minimum atomic E-state index is 0.708. The fourth-order valence-electron chi connectivity index (χ4n) is 1.68. The van der Waals surface area contributed by atoms with E-state index < -0.39 is 0 Å². The predicted octanol–water partition coefficient (Wildman–Crippen LogP) is 1.96. The maximum Gasteiger partial charge on any atom is 0.209 e. The van der Waals surface area contributed by atoms with Crippen LogP contribution in [0.2, 0.25) is 0 Å². The quantitative estimate of drug-likeness (QED) is 0.536. The van der Waals surface area contributed by atoms with Gasteiger partial charge in [-0.15, -0.1) is 5.10 Å². The van der Waals surface area contributed by atoms with Crippen LogP contribution >= 0.6 is 27.7 Å². The van der Waals surface area contributed by atoms with Crippen LogP contribution in [0.5, 0.6) is 0 Å². The first-order chi connectivity index (χ1) is 10.3. The number of halogens is 1. The minimum Gasteiger partial charge on any atom is -0.383 e. The van der Waals surface area contributed by atoms with Crippen molar-refractivity contribution in [2.45, 2.75) is 17.5 Å². The van der Waals surface area contributed by atoms with Crippen molar-refractivity contribution >= 4 is 27.7 Å². The smallest absolute Gasteiger partial charge is 0.209 e. The van der Waals surface area contributed by atoms with E-state index in [4.69, 9.17) is 4.74 Å². The third-order valence-corrected chi connectivity index (χ3v) is 4.58. The van der Waals surface area contributed by atoms with E-state index in [1.54, 1.807) is 18.9 Å². The van der Waals surface area contributed by atoms with Crippen LogP contribution in [0.4, 0.5) is 0 Å². The topological polar surface area (TPSA) is 64.9 Å². The monoisotopic (exact) mass is 371 g/mol. The average molecular weight is 372 g/mol. The number of nitrogens with zero attached hydrogens (tertiary/aromatic N) is 4. The van der Waals surface area contributed by atoms with E-state index >= 15 is 0 Å². The van der Waals surface area contributed by atoms with E-state index in [1.807, 2.05) is 22.9 Å². The predicted molar refractivity (Wildman–Crippen MR) is 86.3 cm³/mol. The first kappa shape index (κ1) is 16.4. The van der Waals surface area contributed by atoms with E-state index in [2.05, 4.69) is 42.8 Å². The second-order valence-corrected chi connectivity index (χ2v) is 6.10. The van der Waals surface area contributed by atoms with Crippen molar-refractivity contribution in [2.24, 2.45) is 0 Å². The van der Waals surface area contributed by atoms with Gasteiger partial charge in [0.05, 0.1) is 13.2 Å². The Bertz CT molecular complexity index is 551. The van der Waals surface area contributed by atoms with Crippen LogP contribution in [0, 0.1) is 0 Å². The fourth-order valence-corrected chi connectivity index (χ4v) is 3.20. The van der Waals surface area contributed by atoms with Crippen molar-refractivity contribution < 1.29 is 4.74 Å². The minimum absolute atomic E-state index is 0.708. The Morgan fingerprint density at radius 2 is 2.19 bits per heavy atom. The lowest BCUT2D eigenvalue weighted by Crippen LogP contribution is -2.24. The van der Waals surface area contributed by atoms with Crippen LogP contribution in [0.1, 0.15) is 5.56 Å². The summed E-state index contributed by atoms with van der Waals surface area (Å²) < 4.78 is 7.91. The molecule has 1 aromatic carbocycles. The van der Waals surface area contributed by atoms with Crippen molar-refractivity contribution in [2.75, 3.05) is 26.8 Å². The Morgan fingerprint density at radius 3 is 3.00 bits per heavy atom. The Kier molecular flexibility index (Phi) is 7.14. The molecule has 0 saturated carbocycles. The van der Waals surface area contributed by atoms with Gasteiger partial charge in [0.25, 0.3) is 0 Å². The van der Waals surface area contributed by atoms with Gasteiger partial charge in [0.1, 0.15) is 0 Å². The molecule has 2 rings (SSSR count). The van der Waals surface area contributed by atoms with Crippen LogP contribution in [-0.2, 0) is 17.0 Å². The summed E-state index contributed by atoms with van der Waals surface area (Å²) >= 11 is 5.19. The lowest BCUT2D eigenvalue weighted by molar-refractivity contribution is 0.199. The van der Waals surface area contributed by atoms with E-state index in [0.717, 1.165) is 35.0 Å². The van der Waals surface area contributed by atoms with Crippen molar-refractivity contribution in [3.63, 3.8) is 0 Å². The molecular formula is C13H18BrN5OS. The molecule has 8 heteroatoms. The highest BCUT2D eigenvalue weighted by molar-refractivity contribution is 9.10. The highest BCUT2D eigenvalue weighted by Gasteiger charge is 2.08. The van der Waals surface area contributed by atoms with Crippen molar-refractivity contribution in [1.29, 1.82) is 0 Å². The number of hydrogen-bond acceptors (Lipinski definition) is 6. The highest BCUT2D eigenvalue weighted by Crippen LogP contribution is 2.24. The first-order valence-corrected chi connectivity index (χ1v) is 8.41. The fraction of sp³-hybridized carbons (Fsp3) is 0.462. The van der Waals surface area contributed by atoms with Crippen LogP contribution in [0.3, 0.4) is 0 Å². The van der Waals surface area contributed by atoms with Gasteiger partial charge < -0.3 is 10.1 Å². The molecule has 0 bridgehead atoms. The number of aromatic nitrogens is 4. The number of thioether (sulfide) groups is 1. The number of nitrogens with one attached hydrogen (secondary N) is 1. The molecule has 0 aliphatic rings. The summed E-state index contributed by atoms with van der Waals surface area (Å²) in [6, 6.07) is 8.17. The van der Waals surface area contributed by atoms with Crippen molar-refractivity contribution in [3.8, 4) is 0 Å². The summed E-state index contributed by atoms with van der Waals surface area (Å²) in [7, 11) is 1.69. The van der Waals surface area contributed by atoms with E-state index in [9.17, 15) is 0 Å². The number of benzene rings is 1. The molecule has 0 atom stereocenters. The van der Waals surface area contributed by atoms with Gasteiger partial charge in [0.15, 0.2) is 0 Å². The summed E-state index contributed by atoms with van der Waals surface area (Å²) in [5.74, 6) is 0.832. The lowest BCUT2D eigenvalue weighted by Gasteiger charge is -2.06. The van der Waals surface area contributed by atoms with Crippen LogP contribution in [0.25, 0.3) is 0 Å². The number of methoxy groups -OCH3 is 1. The maximum absolute atomic E-state index is 4.98. The molecule has 1 N–H and O–H groups in total. The number of rotatable bonds is 9. The second kappa shape index (κ2) is 9.14. The van der Waals surface area contributed by atoms with Gasteiger partial charge >= 0.3 is 0 Å². The molecule has 0 amide bonds. The van der Waals surface area contributed by atoms with Crippen LogP contribution in [0.15, 0.2) is 33.9 Å². The van der Waals surface area contributed by atoms with Crippen molar-refractivity contribution in [1.82, 2.24) is 25.5 Å². The summed E-state index contributed by atoms with van der Waals surface area (Å²) in [4.78, 5) is 0. The average Bonchev–Trinajstić information content (AvgIpc) is 2.94. The normalized spacial score (nSPS) is 11.0. The molecule has 0 spiro atoms. The first-order valence-electron chi connectivity index (χ1n) is 6.63. The largest absolute Gasteiger partial charge is 0.383 e. The molecule has 1 aromatic heterocycles. The summed E-state index contributed by atoms with van der Waals surface area (Å²) in [6.07, 6.45) is 0. The molecule has 21 heavy (non-hydrogen) atoms. The third kappa shape index (κ3) is 5.39. The molecular weight excluding hydrogens is 354 g/mol. The van der Waals surface area contributed by atoms with Gasteiger partial charge in [-0.3, -0.25) is 0 Å². The van der Waals surface area contributed by atoms with E-state index in [1.165, 1.54) is 5.56 Å². The van der Waals surface area contributed by atoms with Gasteiger partial charge in [-0.25, -0.2) is 4.68 Å². The molecule has 6 nitrogen and oxygen atoms in total. The van der Waals surface area contributed by atoms with Gasteiger partial charge in [0, 0.05) is 30.4 Å². The highest BCUT2D eigenvalue weighted by atomic mass is 79.9. The van der Waals surface area contributed by atoms with Gasteiger partial charge in [-0.1, -0.05) is 45.9 Å². The third-order valence-electron chi connectivity index (χ3n) is 2.80. The van der Waals surface area contributed by atoms with Gasteiger partial charge in [-0.05, 0) is 22.1 Å². The summed E-state index contributed by atoms with van der Waals surface area (Å²) in [5, 5.41) is 16.0. The molecule has 2 aromatic rings. The Labute approximate surface area is 136 Å². The zero-order valence-electron chi connectivity index (χ0n) is 11.8. The summed E-state index contributed by atoms with van der Waals surface area (Å²) in [5.41, 5.74) is 1.23. The number of hydrogen-bond donors (Lipinski definition) is 1. The van der Waals surface area contributed by atoms with E-state index in [0.29, 0.717) is 6.61 Å². The summed E-state index contributed by atoms with van der Waals surface area (Å²) in [6.45, 7) is 3.10. The molecule has 0 radical (unpaired) electrons. The molecule has 0 aliphatic carbocycles. The Balaban J connectivity index is 1.81. The second-order valence-electron chi connectivity index (χ2n) is 4.31. The van der Waals surface area contributed by atoms with Gasteiger partial charge in [-0.2, -0.15) is 0 Å². The Hall–Kier alpha value is -0.960. The molecule has 114 valence electrons. The lowest BCUT2D eigenvalue weighted by atomic mass is 10.2. The van der Waals surface area contributed by atoms with E-state index in [-0.39, 0.29) is 0 Å². The molecule has 0 unspecified atom stereocenters. The SMILES string of the molecule is COCCNCCn1nnnc1SCc1ccccc1Br. The number of tetrazole rings is 1. The molecule has 0 fully saturated rings. The van der Waals surface area contributed by atoms with Crippen LogP contribution in [-0.4, -0.2) is 47.0 Å². The molecule has 0 aliphatic heterocycles. The standard InChI is InChI=1S/C13H18BrN5OS/c1-20-9-7-15-6-8-19-13(16-17-18-19)21-10-11-4-2-3-5-12(11)14/h2-5,15H,6-10H2,1H3. The Morgan fingerprint density at radius 1 is 1.33 bits per heavy atom. The zero-order chi connectivity index (χ0) is 14.9.